The number of nitrogens with one attached hydrogen (secondary N) is 1. The Morgan fingerprint density at radius 1 is 1.55 bits per heavy atom. The van der Waals surface area contributed by atoms with E-state index in [1.807, 2.05) is 0 Å². The highest BCUT2D eigenvalue weighted by molar-refractivity contribution is 5.87. The molecule has 4 heterocycles. The summed E-state index contributed by atoms with van der Waals surface area (Å²) in [6.45, 7) is -0.00123. The summed E-state index contributed by atoms with van der Waals surface area (Å²) in [6.07, 6.45) is 0.309. The summed E-state index contributed by atoms with van der Waals surface area (Å²) in [5.74, 6) is -0.182. The Morgan fingerprint density at radius 2 is 2.36 bits per heavy atom. The Kier molecular flexibility index (Phi) is 2.64. The number of aliphatic hydroxyl groups is 1. The van der Waals surface area contributed by atoms with E-state index in [9.17, 15) is 9.90 Å². The zero-order valence-electron chi connectivity index (χ0n) is 11.6. The molecule has 0 aliphatic carbocycles. The molecule has 1 unspecified atom stereocenters. The number of nitrogen functional groups attached to an aromatic ring is 1. The molecule has 2 aliphatic heterocycles. The summed E-state index contributed by atoms with van der Waals surface area (Å²) in [5, 5.41) is 12.9. The molecule has 0 spiro atoms. The molecule has 0 saturated carbocycles. The molecule has 1 amide bonds. The SMILES string of the molecule is CNC(=O)[C@@]12CO[C@@H](C1O)[C@H](n1cnc3c(N)ncnc31)O2. The van der Waals surface area contributed by atoms with Gasteiger partial charge in [0.15, 0.2) is 17.7 Å². The number of fused-ring (bicyclic) bond motifs is 3. The second-order valence-electron chi connectivity index (χ2n) is 5.28. The summed E-state index contributed by atoms with van der Waals surface area (Å²) in [5.41, 5.74) is 5.22. The molecule has 4 rings (SSSR count). The van der Waals surface area contributed by atoms with Crippen LogP contribution in [0.4, 0.5) is 5.82 Å². The van der Waals surface area contributed by atoms with Gasteiger partial charge in [0.25, 0.3) is 5.91 Å². The van der Waals surface area contributed by atoms with E-state index in [1.165, 1.54) is 19.7 Å². The van der Waals surface area contributed by atoms with Crippen molar-refractivity contribution in [1.82, 2.24) is 24.8 Å². The van der Waals surface area contributed by atoms with Crippen molar-refractivity contribution in [1.29, 1.82) is 0 Å². The van der Waals surface area contributed by atoms with Crippen molar-refractivity contribution in [3.63, 3.8) is 0 Å². The third-order valence-electron chi connectivity index (χ3n) is 4.16. The van der Waals surface area contributed by atoms with Gasteiger partial charge < -0.3 is 25.6 Å². The average molecular weight is 306 g/mol. The second kappa shape index (κ2) is 4.35. The van der Waals surface area contributed by atoms with Crippen LogP contribution in [-0.2, 0) is 14.3 Å². The summed E-state index contributed by atoms with van der Waals surface area (Å²) < 4.78 is 13.0. The monoisotopic (exact) mass is 306 g/mol. The number of imidazole rings is 1. The van der Waals surface area contributed by atoms with Gasteiger partial charge in [0.2, 0.25) is 5.60 Å². The lowest BCUT2D eigenvalue weighted by atomic mass is 9.98. The van der Waals surface area contributed by atoms with Gasteiger partial charge in [0, 0.05) is 7.05 Å². The third kappa shape index (κ3) is 1.48. The molecule has 2 bridgehead atoms. The molecule has 116 valence electrons. The van der Waals surface area contributed by atoms with Gasteiger partial charge in [-0.05, 0) is 0 Å². The number of likely N-dealkylation sites (N-methyl/N-ethyl adjacent to an activating group) is 1. The van der Waals surface area contributed by atoms with E-state index >= 15 is 0 Å². The van der Waals surface area contributed by atoms with E-state index in [0.717, 1.165) is 0 Å². The maximum Gasteiger partial charge on any atom is 0.257 e. The average Bonchev–Trinajstić information content (AvgIpc) is 3.18. The highest BCUT2D eigenvalue weighted by Gasteiger charge is 2.65. The number of rotatable bonds is 2. The van der Waals surface area contributed by atoms with Gasteiger partial charge in [-0.15, -0.1) is 0 Å². The van der Waals surface area contributed by atoms with Gasteiger partial charge in [-0.3, -0.25) is 9.36 Å². The number of nitrogens with zero attached hydrogens (tertiary/aromatic N) is 4. The Morgan fingerprint density at radius 3 is 3.14 bits per heavy atom. The van der Waals surface area contributed by atoms with Gasteiger partial charge in [-0.2, -0.15) is 0 Å². The molecule has 2 aromatic heterocycles. The molecule has 2 saturated heterocycles. The van der Waals surface area contributed by atoms with Crippen LogP contribution in [0.3, 0.4) is 0 Å². The maximum absolute atomic E-state index is 12.1. The highest BCUT2D eigenvalue weighted by atomic mass is 16.6. The first-order valence-corrected chi connectivity index (χ1v) is 6.71. The molecule has 0 aromatic carbocycles. The van der Waals surface area contributed by atoms with Crippen LogP contribution < -0.4 is 11.1 Å². The molecule has 22 heavy (non-hydrogen) atoms. The molecule has 10 heteroatoms. The van der Waals surface area contributed by atoms with Crippen LogP contribution in [0.2, 0.25) is 0 Å². The highest BCUT2D eigenvalue weighted by Crippen LogP contribution is 2.45. The van der Waals surface area contributed by atoms with Gasteiger partial charge in [-0.1, -0.05) is 0 Å². The fourth-order valence-corrected chi connectivity index (χ4v) is 3.02. The molecule has 2 fully saturated rings. The van der Waals surface area contributed by atoms with Gasteiger partial charge in [-0.25, -0.2) is 15.0 Å². The van der Waals surface area contributed by atoms with E-state index in [1.54, 1.807) is 4.57 Å². The number of nitrogens with two attached hydrogens (primary N) is 1. The first kappa shape index (κ1) is 13.4. The smallest absolute Gasteiger partial charge is 0.257 e. The van der Waals surface area contributed by atoms with Crippen molar-refractivity contribution in [3.8, 4) is 0 Å². The number of anilines is 1. The molecule has 2 aromatic rings. The van der Waals surface area contributed by atoms with Crippen molar-refractivity contribution in [2.24, 2.45) is 0 Å². The zero-order chi connectivity index (χ0) is 15.5. The summed E-state index contributed by atoms with van der Waals surface area (Å²) in [7, 11) is 1.48. The number of aliphatic hydroxyl groups excluding tert-OH is 1. The first-order valence-electron chi connectivity index (χ1n) is 6.71. The van der Waals surface area contributed by atoms with Crippen molar-refractivity contribution in [2.75, 3.05) is 19.4 Å². The standard InChI is InChI=1S/C12H14N6O4/c1-14-11(20)12-2-21-6(7(12)19)10(22-12)18-4-17-5-8(13)15-3-16-9(5)18/h3-4,6-7,10,19H,2H2,1H3,(H,14,20)(H2,13,15,16)/t6-,7?,10+,12+/m0/s1. The predicted molar refractivity (Wildman–Crippen MR) is 72.4 cm³/mol. The molecular weight excluding hydrogens is 292 g/mol. The quantitative estimate of drug-likeness (QED) is 0.590. The lowest BCUT2D eigenvalue weighted by molar-refractivity contribution is -0.184. The van der Waals surface area contributed by atoms with E-state index in [-0.39, 0.29) is 12.4 Å². The van der Waals surface area contributed by atoms with Crippen LogP contribution in [0.25, 0.3) is 11.2 Å². The summed E-state index contributed by atoms with van der Waals surface area (Å²) in [6, 6.07) is 0. The van der Waals surface area contributed by atoms with Crippen LogP contribution in [0, 0.1) is 0 Å². The minimum Gasteiger partial charge on any atom is -0.387 e. The lowest BCUT2D eigenvalue weighted by Gasteiger charge is -2.29. The van der Waals surface area contributed by atoms with Crippen molar-refractivity contribution < 1.29 is 19.4 Å². The number of aromatic nitrogens is 4. The zero-order valence-corrected chi connectivity index (χ0v) is 11.6. The molecule has 0 radical (unpaired) electrons. The Bertz CT molecular complexity index is 763. The normalized spacial score (nSPS) is 33.5. The number of carbonyl (C=O) groups excluding carboxylic acids is 1. The van der Waals surface area contributed by atoms with Crippen LogP contribution in [0.5, 0.6) is 0 Å². The second-order valence-corrected chi connectivity index (χ2v) is 5.28. The molecule has 10 nitrogen and oxygen atoms in total. The Labute approximate surface area is 124 Å². The largest absolute Gasteiger partial charge is 0.387 e. The van der Waals surface area contributed by atoms with Gasteiger partial charge >= 0.3 is 0 Å². The number of ether oxygens (including phenoxy) is 2. The van der Waals surface area contributed by atoms with Crippen molar-refractivity contribution in [3.05, 3.63) is 12.7 Å². The third-order valence-corrected chi connectivity index (χ3v) is 4.16. The summed E-state index contributed by atoms with van der Waals surface area (Å²) >= 11 is 0. The van der Waals surface area contributed by atoms with E-state index in [2.05, 4.69) is 20.3 Å². The van der Waals surface area contributed by atoms with E-state index in [0.29, 0.717) is 11.2 Å². The van der Waals surface area contributed by atoms with Crippen LogP contribution in [-0.4, -0.2) is 62.0 Å². The predicted octanol–water partition coefficient (Wildman–Crippen LogP) is -1.82. The number of hydrogen-bond acceptors (Lipinski definition) is 8. The van der Waals surface area contributed by atoms with Gasteiger partial charge in [0.1, 0.15) is 24.1 Å². The minimum absolute atomic E-state index is 0.00123. The van der Waals surface area contributed by atoms with Crippen LogP contribution in [0.15, 0.2) is 12.7 Å². The van der Waals surface area contributed by atoms with E-state index in [4.69, 9.17) is 15.2 Å². The van der Waals surface area contributed by atoms with Gasteiger partial charge in [0.05, 0.1) is 12.9 Å². The minimum atomic E-state index is -1.42. The lowest BCUT2D eigenvalue weighted by Crippen LogP contribution is -2.53. The molecule has 4 N–H and O–H groups in total. The number of amides is 1. The fraction of sp³-hybridized carbons (Fsp3) is 0.500. The topological polar surface area (TPSA) is 137 Å². The number of hydrogen-bond donors (Lipinski definition) is 3. The van der Waals surface area contributed by atoms with E-state index < -0.39 is 29.9 Å². The van der Waals surface area contributed by atoms with Crippen molar-refractivity contribution >= 4 is 22.9 Å². The number of carbonyl (C=O) groups is 1. The molecule has 2 aliphatic rings. The van der Waals surface area contributed by atoms with Crippen LogP contribution >= 0.6 is 0 Å². The van der Waals surface area contributed by atoms with Crippen molar-refractivity contribution in [2.45, 2.75) is 24.0 Å². The summed E-state index contributed by atoms with van der Waals surface area (Å²) in [4.78, 5) is 24.2. The fourth-order valence-electron chi connectivity index (χ4n) is 3.02. The Balaban J connectivity index is 1.78. The first-order chi connectivity index (χ1) is 10.6. The maximum atomic E-state index is 12.1. The Hall–Kier alpha value is -2.30. The molecule has 4 atom stereocenters. The molecular formula is C12H14N6O4. The van der Waals surface area contributed by atoms with Crippen LogP contribution in [0.1, 0.15) is 6.23 Å².